The number of aromatic nitrogens is 3. The zero-order valence-corrected chi connectivity index (χ0v) is 15.3. The van der Waals surface area contributed by atoms with Gasteiger partial charge in [0.1, 0.15) is 11.4 Å². The fourth-order valence-electron chi connectivity index (χ4n) is 3.62. The molecule has 4 rings (SSSR count). The molecule has 1 fully saturated rings. The summed E-state index contributed by atoms with van der Waals surface area (Å²) >= 11 is 0. The fourth-order valence-corrected chi connectivity index (χ4v) is 3.62. The molecule has 1 aliphatic rings. The first kappa shape index (κ1) is 17.9. The molecule has 1 atom stereocenters. The molecule has 142 valence electrons. The van der Waals surface area contributed by atoms with Crippen molar-refractivity contribution in [3.05, 3.63) is 71.5 Å². The lowest BCUT2D eigenvalue weighted by Crippen LogP contribution is -2.29. The Hall–Kier alpha value is -3.48. The summed E-state index contributed by atoms with van der Waals surface area (Å²) in [6.07, 6.45) is 3.44. The molecule has 28 heavy (non-hydrogen) atoms. The largest absolute Gasteiger partial charge is 0.366 e. The third kappa shape index (κ3) is 3.78. The lowest BCUT2D eigenvalue weighted by molar-refractivity contribution is 0.0781. The second-order valence-corrected chi connectivity index (χ2v) is 7.06. The maximum Gasteiger partial charge on any atom is 0.271 e. The van der Waals surface area contributed by atoms with Crippen molar-refractivity contribution in [1.82, 2.24) is 20.1 Å². The minimum Gasteiger partial charge on any atom is -0.366 e. The van der Waals surface area contributed by atoms with Gasteiger partial charge >= 0.3 is 0 Å². The molecule has 0 unspecified atom stereocenters. The van der Waals surface area contributed by atoms with E-state index in [1.807, 2.05) is 41.3 Å². The highest BCUT2D eigenvalue weighted by Crippen LogP contribution is 2.23. The summed E-state index contributed by atoms with van der Waals surface area (Å²) in [6, 6.07) is 14.7. The van der Waals surface area contributed by atoms with Gasteiger partial charge in [-0.15, -0.1) is 0 Å². The summed E-state index contributed by atoms with van der Waals surface area (Å²) in [4.78, 5) is 30.3. The van der Waals surface area contributed by atoms with E-state index in [1.54, 1.807) is 18.3 Å². The van der Waals surface area contributed by atoms with E-state index in [1.165, 1.54) is 0 Å². The second-order valence-electron chi connectivity index (χ2n) is 7.06. The summed E-state index contributed by atoms with van der Waals surface area (Å²) < 4.78 is 0. The topological polar surface area (TPSA) is 105 Å². The number of carbonyl (C=O) groups is 2. The van der Waals surface area contributed by atoms with E-state index in [-0.39, 0.29) is 5.91 Å². The first-order valence-electron chi connectivity index (χ1n) is 9.25. The van der Waals surface area contributed by atoms with Crippen LogP contribution in [0, 0.1) is 5.92 Å². The van der Waals surface area contributed by atoms with Gasteiger partial charge in [-0.25, -0.2) is 0 Å². The van der Waals surface area contributed by atoms with Gasteiger partial charge in [-0.05, 0) is 54.7 Å². The van der Waals surface area contributed by atoms with Gasteiger partial charge in [-0.3, -0.25) is 19.7 Å². The van der Waals surface area contributed by atoms with Gasteiger partial charge in [0.25, 0.3) is 5.91 Å². The number of H-pyrrole nitrogens is 1. The molecule has 3 N–H and O–H groups in total. The van der Waals surface area contributed by atoms with Crippen LogP contribution in [0.5, 0.6) is 0 Å². The lowest BCUT2D eigenvalue weighted by atomic mass is 9.97. The molecule has 0 saturated carbocycles. The standard InChI is InChI=1S/C21H21N5O2/c22-20(27)16-5-3-4-14(11-16)10-15-7-9-26(13-15)21(28)19-12-18(24-25-19)17-6-1-2-8-23-17/h1-6,8,11-12,15H,7,9-10,13H2,(H2,22,27)(H,24,25)/t15-/m1/s1. The predicted molar refractivity (Wildman–Crippen MR) is 104 cm³/mol. The van der Waals surface area contributed by atoms with Gasteiger partial charge in [-0.1, -0.05) is 18.2 Å². The number of hydrogen-bond donors (Lipinski definition) is 2. The number of hydrogen-bond acceptors (Lipinski definition) is 4. The number of nitrogens with one attached hydrogen (secondary N) is 1. The minimum atomic E-state index is -0.423. The summed E-state index contributed by atoms with van der Waals surface area (Å²) in [6.45, 7) is 1.38. The molecule has 3 heterocycles. The van der Waals surface area contributed by atoms with Crippen molar-refractivity contribution in [2.24, 2.45) is 11.7 Å². The molecule has 7 nitrogen and oxygen atoms in total. The van der Waals surface area contributed by atoms with E-state index >= 15 is 0 Å². The monoisotopic (exact) mass is 375 g/mol. The van der Waals surface area contributed by atoms with Crippen LogP contribution in [-0.2, 0) is 6.42 Å². The van der Waals surface area contributed by atoms with Crippen molar-refractivity contribution in [2.75, 3.05) is 13.1 Å². The molecule has 1 saturated heterocycles. The highest BCUT2D eigenvalue weighted by molar-refractivity contribution is 5.93. The Morgan fingerprint density at radius 1 is 1.14 bits per heavy atom. The Morgan fingerprint density at radius 2 is 2.04 bits per heavy atom. The number of carbonyl (C=O) groups excluding carboxylic acids is 2. The van der Waals surface area contributed by atoms with E-state index in [9.17, 15) is 9.59 Å². The number of aromatic amines is 1. The zero-order valence-electron chi connectivity index (χ0n) is 15.3. The Bertz CT molecular complexity index is 999. The third-order valence-corrected chi connectivity index (χ3v) is 5.04. The van der Waals surface area contributed by atoms with Gasteiger partial charge in [-0.2, -0.15) is 5.10 Å². The van der Waals surface area contributed by atoms with Gasteiger partial charge in [0.05, 0.1) is 5.69 Å². The maximum absolute atomic E-state index is 12.8. The van der Waals surface area contributed by atoms with E-state index in [4.69, 9.17) is 5.73 Å². The number of benzene rings is 1. The van der Waals surface area contributed by atoms with Crippen molar-refractivity contribution in [2.45, 2.75) is 12.8 Å². The molecule has 0 aliphatic carbocycles. The molecular formula is C21H21N5O2. The number of nitrogens with two attached hydrogens (primary N) is 1. The van der Waals surface area contributed by atoms with Crippen LogP contribution < -0.4 is 5.73 Å². The molecule has 0 bridgehead atoms. The van der Waals surface area contributed by atoms with Gasteiger partial charge in [0, 0.05) is 24.8 Å². The number of pyridine rings is 1. The van der Waals surface area contributed by atoms with Crippen LogP contribution in [0.3, 0.4) is 0 Å². The maximum atomic E-state index is 12.8. The summed E-state index contributed by atoms with van der Waals surface area (Å²) in [5.74, 6) is -0.124. The summed E-state index contributed by atoms with van der Waals surface area (Å²) in [7, 11) is 0. The average Bonchev–Trinajstić information content (AvgIpc) is 3.38. The smallest absolute Gasteiger partial charge is 0.271 e. The Labute approximate surface area is 162 Å². The molecule has 1 aliphatic heterocycles. The zero-order chi connectivity index (χ0) is 19.5. The van der Waals surface area contributed by atoms with Crippen LogP contribution in [0.4, 0.5) is 0 Å². The average molecular weight is 375 g/mol. The van der Waals surface area contributed by atoms with Crippen molar-refractivity contribution >= 4 is 11.8 Å². The fraction of sp³-hybridized carbons (Fsp3) is 0.238. The highest BCUT2D eigenvalue weighted by Gasteiger charge is 2.28. The normalized spacial score (nSPS) is 16.3. The van der Waals surface area contributed by atoms with Crippen LogP contribution in [-0.4, -0.2) is 45.0 Å². The van der Waals surface area contributed by atoms with Crippen molar-refractivity contribution in [1.29, 1.82) is 0 Å². The Morgan fingerprint density at radius 3 is 2.82 bits per heavy atom. The summed E-state index contributed by atoms with van der Waals surface area (Å²) in [5, 5.41) is 7.05. The van der Waals surface area contributed by atoms with Crippen molar-refractivity contribution < 1.29 is 9.59 Å². The lowest BCUT2D eigenvalue weighted by Gasteiger charge is -2.15. The second kappa shape index (κ2) is 7.64. The van der Waals surface area contributed by atoms with E-state index in [0.717, 1.165) is 24.1 Å². The van der Waals surface area contributed by atoms with Gasteiger partial charge in [0.15, 0.2) is 0 Å². The first-order valence-corrected chi connectivity index (χ1v) is 9.25. The summed E-state index contributed by atoms with van der Waals surface area (Å²) in [5.41, 5.74) is 8.79. The van der Waals surface area contributed by atoms with Crippen LogP contribution in [0.25, 0.3) is 11.4 Å². The minimum absolute atomic E-state index is 0.0527. The molecule has 2 aromatic heterocycles. The Balaban J connectivity index is 1.40. The van der Waals surface area contributed by atoms with Crippen LogP contribution in [0.2, 0.25) is 0 Å². The molecule has 0 radical (unpaired) electrons. The van der Waals surface area contributed by atoms with Crippen LogP contribution in [0.1, 0.15) is 32.8 Å². The number of likely N-dealkylation sites (tertiary alicyclic amines) is 1. The van der Waals surface area contributed by atoms with E-state index in [2.05, 4.69) is 15.2 Å². The van der Waals surface area contributed by atoms with E-state index in [0.29, 0.717) is 36.0 Å². The SMILES string of the molecule is NC(=O)c1cccc(C[C@H]2CCN(C(=O)c3cc(-c4ccccn4)n[nH]3)C2)c1. The first-order chi connectivity index (χ1) is 13.6. The molecule has 3 aromatic rings. The van der Waals surface area contributed by atoms with Crippen molar-refractivity contribution in [3.63, 3.8) is 0 Å². The quantitative estimate of drug-likeness (QED) is 0.714. The molecule has 7 heteroatoms. The molecule has 1 aromatic carbocycles. The van der Waals surface area contributed by atoms with Crippen LogP contribution >= 0.6 is 0 Å². The molecular weight excluding hydrogens is 354 g/mol. The third-order valence-electron chi connectivity index (χ3n) is 5.04. The predicted octanol–water partition coefficient (Wildman–Crippen LogP) is 2.28. The number of nitrogens with zero attached hydrogens (tertiary/aromatic N) is 3. The van der Waals surface area contributed by atoms with E-state index < -0.39 is 5.91 Å². The molecule has 0 spiro atoms. The number of amides is 2. The number of primary amides is 1. The highest BCUT2D eigenvalue weighted by atomic mass is 16.2. The van der Waals surface area contributed by atoms with Crippen molar-refractivity contribution in [3.8, 4) is 11.4 Å². The van der Waals surface area contributed by atoms with Gasteiger partial charge < -0.3 is 10.6 Å². The van der Waals surface area contributed by atoms with Gasteiger partial charge in [0.2, 0.25) is 5.91 Å². The van der Waals surface area contributed by atoms with Crippen LogP contribution in [0.15, 0.2) is 54.7 Å². The Kier molecular flexibility index (Phi) is 4.89. The molecule has 2 amide bonds. The number of rotatable bonds is 5.